The van der Waals surface area contributed by atoms with Crippen molar-refractivity contribution in [1.29, 1.82) is 0 Å². The van der Waals surface area contributed by atoms with Crippen LogP contribution in [0.5, 0.6) is 0 Å². The first kappa shape index (κ1) is 41.8. The lowest BCUT2D eigenvalue weighted by atomic mass is 10.1. The van der Waals surface area contributed by atoms with E-state index in [0.717, 1.165) is 75.0 Å². The first-order valence-electron chi connectivity index (χ1n) is 18.6. The Hall–Kier alpha value is -4.95. The molecule has 0 unspecified atom stereocenters. The summed E-state index contributed by atoms with van der Waals surface area (Å²) in [7, 11) is 0. The van der Waals surface area contributed by atoms with Gasteiger partial charge in [0.15, 0.2) is 5.78 Å². The number of alkyl halides is 3. The minimum Gasteiger partial charge on any atom is -0.421 e. The molecule has 1 N–H and O–H groups in total. The molecule has 5 rings (SSSR count). The first-order valence-corrected chi connectivity index (χ1v) is 18.6. The maximum atomic E-state index is 12.9. The van der Waals surface area contributed by atoms with E-state index in [9.17, 15) is 32.3 Å². The van der Waals surface area contributed by atoms with Gasteiger partial charge in [-0.05, 0) is 89.5 Å². The molecule has 2 fully saturated rings. The number of carbonyl (C=O) groups is 4. The van der Waals surface area contributed by atoms with E-state index in [1.54, 1.807) is 29.3 Å². The van der Waals surface area contributed by atoms with Crippen LogP contribution in [-0.4, -0.2) is 105 Å². The van der Waals surface area contributed by atoms with Crippen molar-refractivity contribution in [2.45, 2.75) is 104 Å². The number of halogens is 3. The number of aryl methyl sites for hydroxylation is 1. The Morgan fingerprint density at radius 2 is 1.17 bits per heavy atom. The number of carbonyl (C=O) groups excluding carboxylic acids is 4. The Balaban J connectivity index is 0.000000243. The Morgan fingerprint density at radius 3 is 1.56 bits per heavy atom. The van der Waals surface area contributed by atoms with E-state index in [0.29, 0.717) is 24.9 Å². The molecule has 54 heavy (non-hydrogen) atoms. The molecule has 3 heterocycles. The van der Waals surface area contributed by atoms with E-state index in [1.807, 2.05) is 52.8 Å². The third kappa shape index (κ3) is 12.0. The second-order valence-electron chi connectivity index (χ2n) is 14.2. The Bertz CT molecular complexity index is 1680. The number of nitrogens with zero attached hydrogens (tertiary/aromatic N) is 6. The van der Waals surface area contributed by atoms with Gasteiger partial charge in [-0.15, -0.1) is 10.2 Å². The molecule has 12 nitrogen and oxygen atoms in total. The SMILES string of the molecule is CC(C)N(Cc1ccc(C(=O)CNC(=O)C(F)(F)F)cc1)C(=O)N1CCCCC1.Cc1nnc(-c2ccc(CN(C(=O)N3CCCCC3)C(C)C)cc2)o1. The number of urea groups is 2. The van der Waals surface area contributed by atoms with Crippen molar-refractivity contribution in [1.82, 2.24) is 35.1 Å². The van der Waals surface area contributed by atoms with E-state index in [-0.39, 0.29) is 29.7 Å². The molecule has 0 aliphatic carbocycles. The molecule has 0 radical (unpaired) electrons. The van der Waals surface area contributed by atoms with Crippen molar-refractivity contribution in [3.63, 3.8) is 0 Å². The summed E-state index contributed by atoms with van der Waals surface area (Å²) in [6.45, 7) is 13.3. The van der Waals surface area contributed by atoms with Crippen molar-refractivity contribution >= 4 is 23.8 Å². The number of aromatic nitrogens is 2. The van der Waals surface area contributed by atoms with Crippen LogP contribution in [0, 0.1) is 6.92 Å². The fourth-order valence-electron chi connectivity index (χ4n) is 6.19. The summed E-state index contributed by atoms with van der Waals surface area (Å²) in [5.74, 6) is -1.70. The van der Waals surface area contributed by atoms with Crippen LogP contribution < -0.4 is 5.32 Å². The molecule has 3 aromatic rings. The van der Waals surface area contributed by atoms with Crippen LogP contribution in [0.25, 0.3) is 11.5 Å². The maximum absolute atomic E-state index is 12.9. The average Bonchev–Trinajstić information content (AvgIpc) is 3.61. The Kier molecular flexibility index (Phi) is 15.0. The number of hydrogen-bond acceptors (Lipinski definition) is 7. The largest absolute Gasteiger partial charge is 0.471 e. The molecule has 1 aromatic heterocycles. The minimum atomic E-state index is -5.02. The average molecular weight is 756 g/mol. The Labute approximate surface area is 315 Å². The molecule has 0 saturated carbocycles. The number of amides is 5. The van der Waals surface area contributed by atoms with Gasteiger partial charge in [-0.2, -0.15) is 13.2 Å². The van der Waals surface area contributed by atoms with E-state index < -0.39 is 24.4 Å². The van der Waals surface area contributed by atoms with Gasteiger partial charge in [0, 0.05) is 69.4 Å². The Morgan fingerprint density at radius 1 is 0.722 bits per heavy atom. The number of ketones is 1. The molecule has 2 aliphatic heterocycles. The summed E-state index contributed by atoms with van der Waals surface area (Å²) >= 11 is 0. The zero-order valence-electron chi connectivity index (χ0n) is 31.8. The van der Waals surface area contributed by atoms with Gasteiger partial charge >= 0.3 is 24.1 Å². The van der Waals surface area contributed by atoms with Crippen LogP contribution in [0.4, 0.5) is 22.8 Å². The number of rotatable bonds is 10. The predicted molar refractivity (Wildman–Crippen MR) is 197 cm³/mol. The van der Waals surface area contributed by atoms with Crippen molar-refractivity contribution in [2.75, 3.05) is 32.7 Å². The molecule has 2 aromatic carbocycles. The van der Waals surface area contributed by atoms with Crippen molar-refractivity contribution < 1.29 is 36.8 Å². The zero-order chi connectivity index (χ0) is 39.4. The summed E-state index contributed by atoms with van der Waals surface area (Å²) in [5, 5.41) is 9.46. The third-order valence-corrected chi connectivity index (χ3v) is 9.37. The van der Waals surface area contributed by atoms with Crippen LogP contribution in [-0.2, 0) is 17.9 Å². The second-order valence-corrected chi connectivity index (χ2v) is 14.2. The summed E-state index contributed by atoms with van der Waals surface area (Å²) in [6.07, 6.45) is 1.54. The first-order chi connectivity index (χ1) is 25.6. The molecule has 294 valence electrons. The third-order valence-electron chi connectivity index (χ3n) is 9.37. The van der Waals surface area contributed by atoms with Gasteiger partial charge in [0.2, 0.25) is 11.8 Å². The number of likely N-dealkylation sites (tertiary alicyclic amines) is 2. The number of hydrogen-bond donors (Lipinski definition) is 1. The molecule has 2 aliphatic rings. The smallest absolute Gasteiger partial charge is 0.421 e. The van der Waals surface area contributed by atoms with Crippen molar-refractivity contribution in [2.24, 2.45) is 0 Å². The monoisotopic (exact) mass is 755 g/mol. The topological polar surface area (TPSA) is 132 Å². The summed E-state index contributed by atoms with van der Waals surface area (Å²) in [5.41, 5.74) is 2.98. The lowest BCUT2D eigenvalue weighted by Gasteiger charge is -2.35. The predicted octanol–water partition coefficient (Wildman–Crippen LogP) is 7.23. The lowest BCUT2D eigenvalue weighted by molar-refractivity contribution is -0.173. The molecule has 0 atom stereocenters. The van der Waals surface area contributed by atoms with Crippen LogP contribution in [0.2, 0.25) is 0 Å². The highest BCUT2D eigenvalue weighted by Gasteiger charge is 2.38. The van der Waals surface area contributed by atoms with Crippen LogP contribution in [0.1, 0.15) is 93.6 Å². The highest BCUT2D eigenvalue weighted by atomic mass is 19.4. The van der Waals surface area contributed by atoms with Crippen LogP contribution in [0.15, 0.2) is 52.9 Å². The van der Waals surface area contributed by atoms with E-state index >= 15 is 0 Å². The standard InChI is InChI=1S/C20H26F3N3O3.C19H26N4O2/c1-14(2)26(19(29)25-10-4-3-5-11-25)13-15-6-8-16(9-7-15)17(27)12-24-18(28)20(21,22)23;1-14(2)23(19(24)22-11-5-4-6-12-22)13-16-7-9-17(10-8-16)18-21-20-15(3)25-18/h6-9,14H,3-5,10-13H2,1-2H3,(H,24,28);7-10,14H,4-6,11-13H2,1-3H3. The summed E-state index contributed by atoms with van der Waals surface area (Å²) in [4.78, 5) is 56.0. The molecular weight excluding hydrogens is 703 g/mol. The van der Waals surface area contributed by atoms with E-state index in [2.05, 4.69) is 24.0 Å². The lowest BCUT2D eigenvalue weighted by Crippen LogP contribution is -2.47. The molecular formula is C39H52F3N7O5. The highest BCUT2D eigenvalue weighted by molar-refractivity contribution is 5.99. The number of Topliss-reactive ketones (excluding diaryl/α,β-unsaturated/α-hetero) is 1. The molecule has 15 heteroatoms. The van der Waals surface area contributed by atoms with Gasteiger partial charge in [0.25, 0.3) is 0 Å². The number of piperidine rings is 2. The molecule has 0 bridgehead atoms. The number of nitrogens with one attached hydrogen (secondary N) is 1. The van der Waals surface area contributed by atoms with Gasteiger partial charge < -0.3 is 29.3 Å². The van der Waals surface area contributed by atoms with Gasteiger partial charge in [0.05, 0.1) is 6.54 Å². The summed E-state index contributed by atoms with van der Waals surface area (Å²) < 4.78 is 42.0. The summed E-state index contributed by atoms with van der Waals surface area (Å²) in [6, 6.07) is 14.6. The quantitative estimate of drug-likeness (QED) is 0.216. The van der Waals surface area contributed by atoms with Crippen LogP contribution in [0.3, 0.4) is 0 Å². The fourth-order valence-corrected chi connectivity index (χ4v) is 6.19. The van der Waals surface area contributed by atoms with Gasteiger partial charge in [-0.1, -0.05) is 36.4 Å². The van der Waals surface area contributed by atoms with Crippen molar-refractivity contribution in [3.8, 4) is 11.5 Å². The molecule has 5 amide bonds. The fraction of sp³-hybridized carbons (Fsp3) is 0.538. The minimum absolute atomic E-state index is 0.0108. The van der Waals surface area contributed by atoms with Gasteiger partial charge in [-0.25, -0.2) is 9.59 Å². The maximum Gasteiger partial charge on any atom is 0.471 e. The molecule has 2 saturated heterocycles. The van der Waals surface area contributed by atoms with E-state index in [1.165, 1.54) is 18.6 Å². The normalized spacial score (nSPS) is 14.7. The van der Waals surface area contributed by atoms with Gasteiger partial charge in [0.1, 0.15) is 0 Å². The van der Waals surface area contributed by atoms with Gasteiger partial charge in [-0.3, -0.25) is 9.59 Å². The van der Waals surface area contributed by atoms with E-state index in [4.69, 9.17) is 4.42 Å². The molecule has 0 spiro atoms. The number of benzene rings is 2. The second kappa shape index (κ2) is 19.4. The highest BCUT2D eigenvalue weighted by Crippen LogP contribution is 2.21. The zero-order valence-corrected chi connectivity index (χ0v) is 31.8. The van der Waals surface area contributed by atoms with Crippen molar-refractivity contribution in [3.05, 3.63) is 71.1 Å². The van der Waals surface area contributed by atoms with Crippen LogP contribution >= 0.6 is 0 Å².